The summed E-state index contributed by atoms with van der Waals surface area (Å²) >= 11 is 1.25. The summed E-state index contributed by atoms with van der Waals surface area (Å²) in [4.78, 5) is 30.6. The van der Waals surface area contributed by atoms with Crippen molar-refractivity contribution in [2.75, 3.05) is 0 Å². The van der Waals surface area contributed by atoms with E-state index in [9.17, 15) is 0 Å². The molecule has 16 heavy (non-hydrogen) atoms. The molecule has 88 valence electrons. The SMILES string of the molecule is O[PH](O)(O)OCc1cnc(-c2ccno2)s1. The van der Waals surface area contributed by atoms with Gasteiger partial charge in [-0.05, 0) is 0 Å². The molecule has 0 saturated carbocycles. The zero-order valence-corrected chi connectivity index (χ0v) is 9.72. The Kier molecular flexibility index (Phi) is 3.29. The Morgan fingerprint density at radius 1 is 1.44 bits per heavy atom. The summed E-state index contributed by atoms with van der Waals surface area (Å²) in [6, 6.07) is 1.66. The van der Waals surface area contributed by atoms with Crippen LogP contribution in [-0.4, -0.2) is 24.8 Å². The number of nitrogens with zero attached hydrogens (tertiary/aromatic N) is 2. The second-order valence-electron chi connectivity index (χ2n) is 2.87. The Labute approximate surface area is 94.6 Å². The monoisotopic (exact) mass is 264 g/mol. The van der Waals surface area contributed by atoms with Crippen molar-refractivity contribution in [3.63, 3.8) is 0 Å². The number of thiazole rings is 1. The molecule has 0 saturated heterocycles. The molecule has 0 unspecified atom stereocenters. The van der Waals surface area contributed by atoms with Crippen molar-refractivity contribution < 1.29 is 23.7 Å². The van der Waals surface area contributed by atoms with Gasteiger partial charge in [0, 0.05) is 0 Å². The first-order chi connectivity index (χ1) is 7.54. The van der Waals surface area contributed by atoms with Crippen LogP contribution in [0.4, 0.5) is 0 Å². The molecule has 0 spiro atoms. The van der Waals surface area contributed by atoms with E-state index in [0.29, 0.717) is 15.6 Å². The van der Waals surface area contributed by atoms with Crippen LogP contribution >= 0.6 is 19.5 Å². The van der Waals surface area contributed by atoms with Gasteiger partial charge < -0.3 is 0 Å². The first-order valence-corrected chi connectivity index (χ1v) is 6.78. The molecule has 2 rings (SSSR count). The summed E-state index contributed by atoms with van der Waals surface area (Å²) in [6.07, 6.45) is 3.00. The van der Waals surface area contributed by atoms with E-state index in [4.69, 9.17) is 19.2 Å². The van der Waals surface area contributed by atoms with E-state index in [1.54, 1.807) is 6.07 Å². The fourth-order valence-corrected chi connectivity index (χ4v) is 2.22. The predicted molar refractivity (Wildman–Crippen MR) is 57.4 cm³/mol. The molecule has 2 aromatic heterocycles. The minimum absolute atomic E-state index is 0.110. The van der Waals surface area contributed by atoms with E-state index in [1.807, 2.05) is 0 Å². The van der Waals surface area contributed by atoms with Gasteiger partial charge in [0.05, 0.1) is 0 Å². The van der Waals surface area contributed by atoms with Gasteiger partial charge in [0.25, 0.3) is 0 Å². The van der Waals surface area contributed by atoms with Crippen LogP contribution in [0.3, 0.4) is 0 Å². The molecule has 9 heteroatoms. The van der Waals surface area contributed by atoms with Gasteiger partial charge in [0.1, 0.15) is 0 Å². The quantitative estimate of drug-likeness (QED) is 0.697. The summed E-state index contributed by atoms with van der Waals surface area (Å²) < 4.78 is 9.37. The second kappa shape index (κ2) is 4.54. The Balaban J connectivity index is 2.03. The Morgan fingerprint density at radius 3 is 2.88 bits per heavy atom. The molecule has 2 aromatic rings. The van der Waals surface area contributed by atoms with Gasteiger partial charge in [0.2, 0.25) is 0 Å². The fraction of sp³-hybridized carbons (Fsp3) is 0.143. The van der Waals surface area contributed by atoms with Gasteiger partial charge in [-0.3, -0.25) is 0 Å². The second-order valence-corrected chi connectivity index (χ2v) is 5.42. The van der Waals surface area contributed by atoms with Gasteiger partial charge in [-0.25, -0.2) is 0 Å². The molecule has 0 aromatic carbocycles. The van der Waals surface area contributed by atoms with Crippen molar-refractivity contribution in [3.8, 4) is 10.8 Å². The summed E-state index contributed by atoms with van der Waals surface area (Å²) in [5.74, 6) is 0.525. The Hall–Kier alpha value is -0.890. The molecule has 0 radical (unpaired) electrons. The van der Waals surface area contributed by atoms with Gasteiger partial charge in [0.15, 0.2) is 0 Å². The van der Waals surface area contributed by atoms with E-state index in [0.717, 1.165) is 0 Å². The summed E-state index contributed by atoms with van der Waals surface area (Å²) in [6.45, 7) is -0.110. The molecule has 0 bridgehead atoms. The van der Waals surface area contributed by atoms with Crippen molar-refractivity contribution in [3.05, 3.63) is 23.3 Å². The van der Waals surface area contributed by atoms with E-state index in [-0.39, 0.29) is 6.61 Å². The van der Waals surface area contributed by atoms with Crippen molar-refractivity contribution in [2.24, 2.45) is 0 Å². The third-order valence-electron chi connectivity index (χ3n) is 1.61. The minimum atomic E-state index is -4.45. The number of aromatic nitrogens is 2. The van der Waals surface area contributed by atoms with Crippen molar-refractivity contribution in [2.45, 2.75) is 6.61 Å². The third kappa shape index (κ3) is 3.05. The van der Waals surface area contributed by atoms with Crippen molar-refractivity contribution in [1.82, 2.24) is 10.1 Å². The molecular formula is C7H9N2O5PS. The van der Waals surface area contributed by atoms with E-state index in [2.05, 4.69) is 14.7 Å². The van der Waals surface area contributed by atoms with E-state index in [1.165, 1.54) is 23.7 Å². The molecule has 0 atom stereocenters. The molecule has 0 aliphatic carbocycles. The number of hydrogen-bond donors (Lipinski definition) is 3. The summed E-state index contributed by atoms with van der Waals surface area (Å²) in [5, 5.41) is 4.15. The van der Waals surface area contributed by atoms with Gasteiger partial charge in [-0.1, -0.05) is 0 Å². The van der Waals surface area contributed by atoms with Crippen LogP contribution in [-0.2, 0) is 11.1 Å². The average molecular weight is 264 g/mol. The maximum atomic E-state index is 8.65. The van der Waals surface area contributed by atoms with Crippen LogP contribution in [0.5, 0.6) is 0 Å². The van der Waals surface area contributed by atoms with Crippen LogP contribution in [0, 0.1) is 0 Å². The topological polar surface area (TPSA) is 109 Å². The molecule has 7 nitrogen and oxygen atoms in total. The molecule has 0 aliphatic heterocycles. The zero-order chi connectivity index (χ0) is 11.6. The normalized spacial score (nSPS) is 12.9. The molecule has 0 fully saturated rings. The standard InChI is InChI=1S/C7H9N2O5PS/c10-15(11,12)13-4-5-3-8-7(16-5)6-1-2-9-14-6/h1-3,10-12,15H,4H2. The van der Waals surface area contributed by atoms with Crippen LogP contribution in [0.15, 0.2) is 23.0 Å². The number of rotatable bonds is 4. The van der Waals surface area contributed by atoms with Crippen LogP contribution in [0.1, 0.15) is 4.88 Å². The summed E-state index contributed by atoms with van der Waals surface area (Å²) in [7, 11) is -4.45. The maximum absolute atomic E-state index is 8.65. The fourth-order valence-electron chi connectivity index (χ4n) is 0.982. The summed E-state index contributed by atoms with van der Waals surface area (Å²) in [5.41, 5.74) is 0. The van der Waals surface area contributed by atoms with Gasteiger partial charge >= 0.3 is 94.1 Å². The molecule has 3 N–H and O–H groups in total. The molecule has 2 heterocycles. The Bertz CT molecular complexity index is 452. The zero-order valence-electron chi connectivity index (χ0n) is 7.90. The molecule has 0 amide bonds. The van der Waals surface area contributed by atoms with Crippen LogP contribution < -0.4 is 0 Å². The van der Waals surface area contributed by atoms with Gasteiger partial charge in [-0.2, -0.15) is 0 Å². The Morgan fingerprint density at radius 2 is 2.25 bits per heavy atom. The third-order valence-corrected chi connectivity index (χ3v) is 3.13. The van der Waals surface area contributed by atoms with Gasteiger partial charge in [-0.15, -0.1) is 0 Å². The average Bonchev–Trinajstić information content (AvgIpc) is 2.84. The van der Waals surface area contributed by atoms with Crippen molar-refractivity contribution in [1.29, 1.82) is 0 Å². The molecule has 0 aliphatic rings. The van der Waals surface area contributed by atoms with E-state index >= 15 is 0 Å². The molecular weight excluding hydrogens is 255 g/mol. The van der Waals surface area contributed by atoms with Crippen molar-refractivity contribution >= 4 is 19.5 Å². The predicted octanol–water partition coefficient (Wildman–Crippen LogP) is 0.701. The van der Waals surface area contributed by atoms with Crippen LogP contribution in [0.2, 0.25) is 0 Å². The van der Waals surface area contributed by atoms with Crippen LogP contribution in [0.25, 0.3) is 10.8 Å². The first kappa shape index (κ1) is 11.6. The van der Waals surface area contributed by atoms with E-state index < -0.39 is 8.17 Å². The number of hydrogen-bond acceptors (Lipinski definition) is 8. The first-order valence-electron chi connectivity index (χ1n) is 4.21.